The number of quaternary nitrogens is 1. The van der Waals surface area contributed by atoms with Crippen molar-refractivity contribution in [2.75, 3.05) is 33.8 Å². The van der Waals surface area contributed by atoms with E-state index in [-0.39, 0.29) is 12.4 Å². The van der Waals surface area contributed by atoms with Crippen molar-refractivity contribution in [3.63, 3.8) is 0 Å². The Morgan fingerprint density at radius 1 is 1.22 bits per heavy atom. The number of likely N-dealkylation sites (N-methyl/N-ethyl adjacent to an activating group) is 1. The van der Waals surface area contributed by atoms with Gasteiger partial charge in [0.05, 0.1) is 20.6 Å². The molecule has 0 aliphatic rings. The monoisotopic (exact) mass is 257 g/mol. The molecule has 0 aliphatic carbocycles. The van der Waals surface area contributed by atoms with Crippen LogP contribution in [0.4, 0.5) is 0 Å². The first-order valence-corrected chi connectivity index (χ1v) is 6.09. The van der Waals surface area contributed by atoms with Crippen LogP contribution in [0.3, 0.4) is 0 Å². The number of carboxylic acid groups (broad SMARTS) is 1. The first-order chi connectivity index (χ1) is 8.24. The molecule has 5 nitrogen and oxygen atoms in total. The van der Waals surface area contributed by atoms with Crippen molar-refractivity contribution in [2.24, 2.45) is 0 Å². The summed E-state index contributed by atoms with van der Waals surface area (Å²) in [7, 11) is 4.04. The third-order valence-corrected chi connectivity index (χ3v) is 2.67. The number of nitrogens with zero attached hydrogens (tertiary/aromatic N) is 1. The first kappa shape index (κ1) is 16.6. The molecule has 0 saturated heterocycles. The molecule has 0 radical (unpaired) electrons. The summed E-state index contributed by atoms with van der Waals surface area (Å²) < 4.78 is 5.72. The molecule has 0 aromatic carbocycles. The second-order valence-electron chi connectivity index (χ2n) is 5.13. The lowest BCUT2D eigenvalue weighted by Crippen LogP contribution is -2.43. The SMILES string of the molecule is C=C(C)C(=O)OCC[N+](C)(C)CCCCC(=O)[O-]. The van der Waals surface area contributed by atoms with Crippen molar-refractivity contribution in [3.05, 3.63) is 12.2 Å². The molecule has 0 amide bonds. The highest BCUT2D eigenvalue weighted by Gasteiger charge is 2.15. The van der Waals surface area contributed by atoms with Crippen LogP contribution in [-0.2, 0) is 14.3 Å². The van der Waals surface area contributed by atoms with Gasteiger partial charge in [-0.3, -0.25) is 0 Å². The number of hydrogen-bond acceptors (Lipinski definition) is 4. The Morgan fingerprint density at radius 3 is 2.33 bits per heavy atom. The second-order valence-corrected chi connectivity index (χ2v) is 5.13. The number of aliphatic carboxylic acids is 1. The minimum Gasteiger partial charge on any atom is -0.550 e. The predicted molar refractivity (Wildman–Crippen MR) is 66.5 cm³/mol. The molecule has 0 aromatic heterocycles. The number of hydrogen-bond donors (Lipinski definition) is 0. The normalized spacial score (nSPS) is 11.1. The molecule has 0 unspecified atom stereocenters. The zero-order valence-electron chi connectivity index (χ0n) is 11.5. The average molecular weight is 257 g/mol. The quantitative estimate of drug-likeness (QED) is 0.254. The summed E-state index contributed by atoms with van der Waals surface area (Å²) in [6.45, 7) is 7.01. The molecule has 0 rings (SSSR count). The Bertz CT molecular complexity index is 310. The van der Waals surface area contributed by atoms with Gasteiger partial charge < -0.3 is 19.1 Å². The van der Waals surface area contributed by atoms with Gasteiger partial charge in [-0.05, 0) is 26.2 Å². The molecule has 0 atom stereocenters. The Morgan fingerprint density at radius 2 is 1.83 bits per heavy atom. The Balaban J connectivity index is 3.76. The highest BCUT2D eigenvalue weighted by atomic mass is 16.5. The molecule has 18 heavy (non-hydrogen) atoms. The van der Waals surface area contributed by atoms with Crippen LogP contribution in [-0.4, -0.2) is 50.2 Å². The summed E-state index contributed by atoms with van der Waals surface area (Å²) in [5.74, 6) is -1.37. The maximum Gasteiger partial charge on any atom is 0.333 e. The molecule has 5 heteroatoms. The van der Waals surface area contributed by atoms with Gasteiger partial charge in [-0.15, -0.1) is 0 Å². The van der Waals surface area contributed by atoms with E-state index in [1.165, 1.54) is 0 Å². The highest BCUT2D eigenvalue weighted by Crippen LogP contribution is 2.04. The van der Waals surface area contributed by atoms with Gasteiger partial charge in [0, 0.05) is 11.5 Å². The lowest BCUT2D eigenvalue weighted by Gasteiger charge is -2.29. The van der Waals surface area contributed by atoms with E-state index in [2.05, 4.69) is 6.58 Å². The Labute approximate surface area is 109 Å². The number of carboxylic acids is 1. The first-order valence-electron chi connectivity index (χ1n) is 6.09. The smallest absolute Gasteiger partial charge is 0.333 e. The zero-order chi connectivity index (χ0) is 14.2. The molecule has 0 heterocycles. The summed E-state index contributed by atoms with van der Waals surface area (Å²) in [6.07, 6.45) is 1.54. The molecular formula is C13H23NO4. The van der Waals surface area contributed by atoms with E-state index in [4.69, 9.17) is 4.74 Å². The third-order valence-electron chi connectivity index (χ3n) is 2.67. The highest BCUT2D eigenvalue weighted by molar-refractivity contribution is 5.86. The molecule has 0 aromatic rings. The van der Waals surface area contributed by atoms with E-state index in [9.17, 15) is 14.7 Å². The third kappa shape index (κ3) is 8.75. The Hall–Kier alpha value is -1.36. The standard InChI is InChI=1S/C13H23NO4/c1-11(2)13(17)18-10-9-14(3,4)8-6-5-7-12(15)16/h1,5-10H2,2-4H3. The van der Waals surface area contributed by atoms with Crippen LogP contribution in [0.1, 0.15) is 26.2 Å². The van der Waals surface area contributed by atoms with E-state index in [1.807, 2.05) is 14.1 Å². The topological polar surface area (TPSA) is 66.4 Å². The minimum absolute atomic E-state index is 0.102. The van der Waals surface area contributed by atoms with Gasteiger partial charge in [-0.1, -0.05) is 6.58 Å². The summed E-state index contributed by atoms with van der Waals surface area (Å²) in [4.78, 5) is 21.4. The van der Waals surface area contributed by atoms with Crippen LogP contribution >= 0.6 is 0 Å². The van der Waals surface area contributed by atoms with E-state index in [0.29, 0.717) is 29.6 Å². The number of carbonyl (C=O) groups excluding carboxylic acids is 2. The minimum atomic E-state index is -1.00. The van der Waals surface area contributed by atoms with Gasteiger partial charge >= 0.3 is 5.97 Å². The molecule has 0 bridgehead atoms. The average Bonchev–Trinajstić information content (AvgIpc) is 2.23. The molecule has 0 spiro atoms. The second kappa shape index (κ2) is 7.87. The lowest BCUT2D eigenvalue weighted by atomic mass is 10.2. The van der Waals surface area contributed by atoms with Crippen LogP contribution < -0.4 is 5.11 Å². The van der Waals surface area contributed by atoms with E-state index in [0.717, 1.165) is 13.0 Å². The van der Waals surface area contributed by atoms with Gasteiger partial charge in [0.25, 0.3) is 0 Å². The largest absolute Gasteiger partial charge is 0.550 e. The van der Waals surface area contributed by atoms with Gasteiger partial charge in [0.2, 0.25) is 0 Å². The number of carbonyl (C=O) groups is 2. The van der Waals surface area contributed by atoms with Crippen LogP contribution in [0.5, 0.6) is 0 Å². The summed E-state index contributed by atoms with van der Waals surface area (Å²) in [5, 5.41) is 10.3. The lowest BCUT2D eigenvalue weighted by molar-refractivity contribution is -0.890. The van der Waals surface area contributed by atoms with Crippen LogP contribution in [0, 0.1) is 0 Å². The van der Waals surface area contributed by atoms with Crippen molar-refractivity contribution in [2.45, 2.75) is 26.2 Å². The fraction of sp³-hybridized carbons (Fsp3) is 0.692. The van der Waals surface area contributed by atoms with Crippen LogP contribution in [0.15, 0.2) is 12.2 Å². The van der Waals surface area contributed by atoms with Gasteiger partial charge in [-0.2, -0.15) is 0 Å². The number of ether oxygens (including phenoxy) is 1. The number of esters is 1. The van der Waals surface area contributed by atoms with Crippen molar-refractivity contribution in [1.82, 2.24) is 0 Å². The van der Waals surface area contributed by atoms with Crippen molar-refractivity contribution in [3.8, 4) is 0 Å². The molecule has 0 N–H and O–H groups in total. The molecule has 0 aliphatic heterocycles. The maximum absolute atomic E-state index is 11.2. The van der Waals surface area contributed by atoms with Gasteiger partial charge in [0.1, 0.15) is 13.2 Å². The molecule has 0 fully saturated rings. The van der Waals surface area contributed by atoms with Crippen LogP contribution in [0.25, 0.3) is 0 Å². The van der Waals surface area contributed by atoms with E-state index >= 15 is 0 Å². The van der Waals surface area contributed by atoms with Gasteiger partial charge in [0.15, 0.2) is 0 Å². The summed E-state index contributed by atoms with van der Waals surface area (Å²) in [6, 6.07) is 0. The molecule has 104 valence electrons. The van der Waals surface area contributed by atoms with E-state index < -0.39 is 5.97 Å². The Kier molecular flexibility index (Phi) is 7.27. The van der Waals surface area contributed by atoms with Crippen molar-refractivity contribution >= 4 is 11.9 Å². The van der Waals surface area contributed by atoms with Crippen molar-refractivity contribution in [1.29, 1.82) is 0 Å². The van der Waals surface area contributed by atoms with E-state index in [1.54, 1.807) is 6.92 Å². The number of unbranched alkanes of at least 4 members (excludes halogenated alkanes) is 1. The fourth-order valence-corrected chi connectivity index (χ4v) is 1.43. The van der Waals surface area contributed by atoms with Crippen LogP contribution in [0.2, 0.25) is 0 Å². The fourth-order valence-electron chi connectivity index (χ4n) is 1.43. The number of rotatable bonds is 9. The molecule has 0 saturated carbocycles. The predicted octanol–water partition coefficient (Wildman–Crippen LogP) is 0.102. The van der Waals surface area contributed by atoms with Crippen molar-refractivity contribution < 1.29 is 23.9 Å². The summed E-state index contributed by atoms with van der Waals surface area (Å²) >= 11 is 0. The maximum atomic E-state index is 11.2. The van der Waals surface area contributed by atoms with Gasteiger partial charge in [-0.25, -0.2) is 4.79 Å². The zero-order valence-corrected chi connectivity index (χ0v) is 11.5. The summed E-state index contributed by atoms with van der Waals surface area (Å²) in [5.41, 5.74) is 0.397. The molecular weight excluding hydrogens is 234 g/mol.